The van der Waals surface area contributed by atoms with Crippen molar-refractivity contribution in [2.75, 3.05) is 12.8 Å². The van der Waals surface area contributed by atoms with Gasteiger partial charge in [0.15, 0.2) is 16.3 Å². The van der Waals surface area contributed by atoms with Crippen LogP contribution in [0.15, 0.2) is 15.7 Å². The fourth-order valence-corrected chi connectivity index (χ4v) is 2.32. The molecule has 0 atom stereocenters. The normalized spacial score (nSPS) is 10.8. The first-order valence-corrected chi connectivity index (χ1v) is 6.71. The molecular weight excluding hydrogens is 335 g/mol. The van der Waals surface area contributed by atoms with Crippen LogP contribution in [0.1, 0.15) is 0 Å². The molecule has 2 aromatic rings. The van der Waals surface area contributed by atoms with E-state index in [4.69, 9.17) is 34.3 Å². The SMILES string of the molecule is COc1c(N)c(Cl)cc(F)c1-n1c(=O)n(C)c(=S)n(C)c1=O. The lowest BCUT2D eigenvalue weighted by atomic mass is 10.2. The molecule has 2 rings (SSSR count). The number of anilines is 1. The van der Waals surface area contributed by atoms with Crippen LogP contribution in [0.25, 0.3) is 5.69 Å². The highest BCUT2D eigenvalue weighted by atomic mass is 35.5. The van der Waals surface area contributed by atoms with Crippen molar-refractivity contribution in [2.24, 2.45) is 14.1 Å². The molecule has 0 fully saturated rings. The van der Waals surface area contributed by atoms with E-state index < -0.39 is 22.9 Å². The Bertz CT molecular complexity index is 907. The predicted molar refractivity (Wildman–Crippen MR) is 83.0 cm³/mol. The molecule has 1 aromatic heterocycles. The minimum atomic E-state index is -0.924. The van der Waals surface area contributed by atoms with Crippen molar-refractivity contribution < 1.29 is 9.13 Å². The maximum atomic E-state index is 14.3. The average Bonchev–Trinajstić information content (AvgIpc) is 2.48. The summed E-state index contributed by atoms with van der Waals surface area (Å²) < 4.78 is 22.0. The lowest BCUT2D eigenvalue weighted by Crippen LogP contribution is -2.44. The van der Waals surface area contributed by atoms with Crippen LogP contribution in [0.3, 0.4) is 0 Å². The fourth-order valence-electron chi connectivity index (χ4n) is 1.98. The van der Waals surface area contributed by atoms with Crippen LogP contribution >= 0.6 is 23.8 Å². The van der Waals surface area contributed by atoms with Crippen LogP contribution in [0, 0.1) is 10.6 Å². The van der Waals surface area contributed by atoms with Crippen molar-refractivity contribution in [1.82, 2.24) is 13.7 Å². The molecule has 0 spiro atoms. The van der Waals surface area contributed by atoms with Crippen LogP contribution in [0.2, 0.25) is 5.02 Å². The van der Waals surface area contributed by atoms with Gasteiger partial charge in [0.05, 0.1) is 17.8 Å². The highest BCUT2D eigenvalue weighted by molar-refractivity contribution is 7.71. The number of hydrogen-bond acceptors (Lipinski definition) is 5. The molecule has 0 unspecified atom stereocenters. The van der Waals surface area contributed by atoms with E-state index in [0.717, 1.165) is 15.2 Å². The summed E-state index contributed by atoms with van der Waals surface area (Å²) in [6, 6.07) is 0.905. The first kappa shape index (κ1) is 16.2. The predicted octanol–water partition coefficient (Wildman–Crippen LogP) is 0.987. The van der Waals surface area contributed by atoms with Crippen molar-refractivity contribution in [3.05, 3.63) is 42.6 Å². The second kappa shape index (κ2) is 5.58. The van der Waals surface area contributed by atoms with Gasteiger partial charge in [-0.3, -0.25) is 9.13 Å². The van der Waals surface area contributed by atoms with Crippen LogP contribution in [0.4, 0.5) is 10.1 Å². The third-order valence-corrected chi connectivity index (χ3v) is 4.02. The molecule has 2 N–H and O–H groups in total. The molecule has 0 saturated heterocycles. The highest BCUT2D eigenvalue weighted by Crippen LogP contribution is 2.36. The summed E-state index contributed by atoms with van der Waals surface area (Å²) in [5.74, 6) is -1.13. The van der Waals surface area contributed by atoms with E-state index in [0.29, 0.717) is 4.57 Å². The first-order chi connectivity index (χ1) is 10.2. The Kier molecular flexibility index (Phi) is 4.12. The standard InChI is InChI=1S/C12H12ClFN4O3S/c1-16-10(19)18(11(20)17(2)12(16)22)8-6(14)4-5(13)7(15)9(8)21-3/h4H,15H2,1-3H3. The summed E-state index contributed by atoms with van der Waals surface area (Å²) in [4.78, 5) is 24.7. The molecule has 0 saturated carbocycles. The quantitative estimate of drug-likeness (QED) is 0.647. The number of halogens is 2. The van der Waals surface area contributed by atoms with Gasteiger partial charge in [-0.1, -0.05) is 11.6 Å². The largest absolute Gasteiger partial charge is 0.492 e. The number of nitrogens with two attached hydrogens (primary N) is 1. The third kappa shape index (κ3) is 2.22. The average molecular weight is 347 g/mol. The van der Waals surface area contributed by atoms with Gasteiger partial charge in [-0.05, 0) is 18.3 Å². The molecule has 0 amide bonds. The van der Waals surface area contributed by atoms with Gasteiger partial charge in [0.1, 0.15) is 5.69 Å². The van der Waals surface area contributed by atoms with E-state index in [9.17, 15) is 14.0 Å². The molecule has 10 heteroatoms. The number of methoxy groups -OCH3 is 1. The van der Waals surface area contributed by atoms with Gasteiger partial charge in [0, 0.05) is 14.1 Å². The van der Waals surface area contributed by atoms with Gasteiger partial charge >= 0.3 is 11.4 Å². The van der Waals surface area contributed by atoms with Gasteiger partial charge in [0.2, 0.25) is 0 Å². The van der Waals surface area contributed by atoms with Crippen molar-refractivity contribution in [1.29, 1.82) is 0 Å². The van der Waals surface area contributed by atoms with E-state index in [1.165, 1.54) is 21.2 Å². The van der Waals surface area contributed by atoms with Crippen molar-refractivity contribution >= 4 is 29.5 Å². The Labute approximate surface area is 133 Å². The Morgan fingerprint density at radius 1 is 1.27 bits per heavy atom. The second-order valence-corrected chi connectivity index (χ2v) is 5.21. The minimum absolute atomic E-state index is 0.00689. The van der Waals surface area contributed by atoms with E-state index in [2.05, 4.69) is 0 Å². The minimum Gasteiger partial charge on any atom is -0.492 e. The Hall–Kier alpha value is -2.13. The Balaban J connectivity index is 3.09. The summed E-state index contributed by atoms with van der Waals surface area (Å²) in [7, 11) is 3.95. The van der Waals surface area contributed by atoms with E-state index >= 15 is 0 Å². The monoisotopic (exact) mass is 346 g/mol. The first-order valence-electron chi connectivity index (χ1n) is 5.93. The molecule has 0 radical (unpaired) electrons. The molecule has 0 aliphatic carbocycles. The zero-order chi connectivity index (χ0) is 16.8. The van der Waals surface area contributed by atoms with Gasteiger partial charge in [0.25, 0.3) is 0 Å². The maximum Gasteiger partial charge on any atom is 0.339 e. The summed E-state index contributed by atoms with van der Waals surface area (Å²) in [5, 5.41) is -0.0905. The second-order valence-electron chi connectivity index (χ2n) is 4.44. The summed E-state index contributed by atoms with van der Waals surface area (Å²) in [5.41, 5.74) is 3.58. The fraction of sp³-hybridized carbons (Fsp3) is 0.250. The van der Waals surface area contributed by atoms with Crippen LogP contribution < -0.4 is 21.9 Å². The highest BCUT2D eigenvalue weighted by Gasteiger charge is 2.22. The number of aromatic nitrogens is 3. The van der Waals surface area contributed by atoms with E-state index in [1.54, 1.807) is 0 Å². The summed E-state index contributed by atoms with van der Waals surface area (Å²) >= 11 is 10.7. The van der Waals surface area contributed by atoms with E-state index in [-0.39, 0.29) is 21.2 Å². The smallest absolute Gasteiger partial charge is 0.339 e. The van der Waals surface area contributed by atoms with E-state index in [1.807, 2.05) is 0 Å². The molecule has 22 heavy (non-hydrogen) atoms. The van der Waals surface area contributed by atoms with Gasteiger partial charge < -0.3 is 10.5 Å². The van der Waals surface area contributed by atoms with Crippen molar-refractivity contribution in [3.63, 3.8) is 0 Å². The number of ether oxygens (including phenoxy) is 1. The topological polar surface area (TPSA) is 84.2 Å². The van der Waals surface area contributed by atoms with Gasteiger partial charge in [-0.15, -0.1) is 0 Å². The number of rotatable bonds is 2. The van der Waals surface area contributed by atoms with Gasteiger partial charge in [-0.2, -0.15) is 0 Å². The third-order valence-electron chi connectivity index (χ3n) is 3.15. The molecule has 0 aliphatic rings. The summed E-state index contributed by atoms with van der Waals surface area (Å²) in [6.45, 7) is 0. The number of hydrogen-bond donors (Lipinski definition) is 1. The van der Waals surface area contributed by atoms with Crippen molar-refractivity contribution in [2.45, 2.75) is 0 Å². The zero-order valence-corrected chi connectivity index (χ0v) is 13.5. The zero-order valence-electron chi connectivity index (χ0n) is 11.9. The molecule has 0 aliphatic heterocycles. The maximum absolute atomic E-state index is 14.3. The Morgan fingerprint density at radius 2 is 1.77 bits per heavy atom. The number of nitrogen functional groups attached to an aromatic ring is 1. The lowest BCUT2D eigenvalue weighted by Gasteiger charge is -2.16. The van der Waals surface area contributed by atoms with Crippen LogP contribution in [0.5, 0.6) is 5.75 Å². The van der Waals surface area contributed by atoms with Crippen LogP contribution in [-0.4, -0.2) is 20.8 Å². The molecular formula is C12H12ClFN4O3S. The van der Waals surface area contributed by atoms with Crippen molar-refractivity contribution in [3.8, 4) is 11.4 Å². The molecule has 1 heterocycles. The van der Waals surface area contributed by atoms with Crippen LogP contribution in [-0.2, 0) is 14.1 Å². The molecule has 1 aromatic carbocycles. The number of benzene rings is 1. The van der Waals surface area contributed by atoms with Gasteiger partial charge in [-0.25, -0.2) is 18.5 Å². The molecule has 118 valence electrons. The lowest BCUT2D eigenvalue weighted by molar-refractivity contribution is 0.408. The molecule has 0 bridgehead atoms. The molecule has 7 nitrogen and oxygen atoms in total. The summed E-state index contributed by atoms with van der Waals surface area (Å²) in [6.07, 6.45) is 0. The number of nitrogens with zero attached hydrogens (tertiary/aromatic N) is 3. The Morgan fingerprint density at radius 3 is 2.23 bits per heavy atom.